The summed E-state index contributed by atoms with van der Waals surface area (Å²) in [4.78, 5) is 6.81. The molecule has 1 aliphatic rings. The molecule has 0 unspecified atom stereocenters. The Hall–Kier alpha value is -0.860. The van der Waals surface area contributed by atoms with Crippen molar-refractivity contribution in [3.8, 4) is 0 Å². The van der Waals surface area contributed by atoms with Gasteiger partial charge in [0.1, 0.15) is 0 Å². The van der Waals surface area contributed by atoms with Crippen LogP contribution >= 0.6 is 24.0 Å². The minimum Gasteiger partial charge on any atom is -0.379 e. The number of rotatable bonds is 8. The lowest BCUT2D eigenvalue weighted by molar-refractivity contribution is 0.0377. The number of aliphatic imine (C=N–C) groups is 1. The molecule has 0 spiro atoms. The summed E-state index contributed by atoms with van der Waals surface area (Å²) in [5.74, 6) is 0.553. The molecule has 1 aromatic rings. The van der Waals surface area contributed by atoms with Gasteiger partial charge in [-0.3, -0.25) is 9.89 Å². The first-order valence-corrected chi connectivity index (χ1v) is 8.69. The average Bonchev–Trinajstić information content (AvgIpc) is 2.60. The van der Waals surface area contributed by atoms with Gasteiger partial charge in [0.05, 0.1) is 13.2 Å². The first-order valence-electron chi connectivity index (χ1n) is 8.69. The zero-order valence-corrected chi connectivity index (χ0v) is 17.0. The van der Waals surface area contributed by atoms with Crippen LogP contribution in [-0.4, -0.2) is 56.8 Å². The van der Waals surface area contributed by atoms with Crippen molar-refractivity contribution in [3.05, 3.63) is 35.4 Å². The summed E-state index contributed by atoms with van der Waals surface area (Å²) in [6, 6.07) is 8.77. The maximum Gasteiger partial charge on any atom is 0.188 e. The molecule has 5 nitrogen and oxygen atoms in total. The predicted molar refractivity (Wildman–Crippen MR) is 111 cm³/mol. The molecule has 1 saturated heterocycles. The summed E-state index contributed by atoms with van der Waals surface area (Å²) in [5, 5.41) is 3.19. The van der Waals surface area contributed by atoms with Crippen molar-refractivity contribution in [2.75, 3.05) is 45.9 Å². The van der Waals surface area contributed by atoms with Crippen LogP contribution in [0, 0.1) is 0 Å². The molecule has 2 rings (SSSR count). The third kappa shape index (κ3) is 8.30. The largest absolute Gasteiger partial charge is 0.379 e. The van der Waals surface area contributed by atoms with E-state index in [0.717, 1.165) is 65.2 Å². The molecule has 1 fully saturated rings. The van der Waals surface area contributed by atoms with Crippen LogP contribution in [-0.2, 0) is 17.6 Å². The number of guanidine groups is 1. The molecular formula is C18H31IN4O. The Labute approximate surface area is 163 Å². The van der Waals surface area contributed by atoms with Crippen molar-refractivity contribution in [1.82, 2.24) is 10.2 Å². The third-order valence-corrected chi connectivity index (χ3v) is 4.17. The molecule has 24 heavy (non-hydrogen) atoms. The fourth-order valence-corrected chi connectivity index (χ4v) is 2.65. The molecule has 0 radical (unpaired) electrons. The highest BCUT2D eigenvalue weighted by Gasteiger charge is 2.08. The van der Waals surface area contributed by atoms with E-state index in [-0.39, 0.29) is 24.0 Å². The Bertz CT molecular complexity index is 472. The van der Waals surface area contributed by atoms with E-state index < -0.39 is 0 Å². The maximum absolute atomic E-state index is 5.91. The third-order valence-electron chi connectivity index (χ3n) is 4.17. The van der Waals surface area contributed by atoms with Gasteiger partial charge in [-0.1, -0.05) is 31.2 Å². The van der Waals surface area contributed by atoms with Crippen molar-refractivity contribution in [2.45, 2.75) is 26.2 Å². The van der Waals surface area contributed by atoms with E-state index in [1.165, 1.54) is 11.1 Å². The number of nitrogens with two attached hydrogens (primary N) is 1. The van der Waals surface area contributed by atoms with Crippen LogP contribution < -0.4 is 11.1 Å². The molecule has 0 aliphatic carbocycles. The van der Waals surface area contributed by atoms with Gasteiger partial charge >= 0.3 is 0 Å². The number of benzene rings is 1. The van der Waals surface area contributed by atoms with Crippen LogP contribution in [0.15, 0.2) is 29.3 Å². The number of nitrogens with one attached hydrogen (secondary N) is 1. The van der Waals surface area contributed by atoms with Crippen LogP contribution in [0.2, 0.25) is 0 Å². The molecule has 0 aromatic heterocycles. The molecule has 0 saturated carbocycles. The van der Waals surface area contributed by atoms with Crippen molar-refractivity contribution in [2.24, 2.45) is 10.7 Å². The van der Waals surface area contributed by atoms with Gasteiger partial charge < -0.3 is 15.8 Å². The van der Waals surface area contributed by atoms with Crippen molar-refractivity contribution in [3.63, 3.8) is 0 Å². The second kappa shape index (κ2) is 12.5. The van der Waals surface area contributed by atoms with E-state index in [0.29, 0.717) is 5.96 Å². The minimum atomic E-state index is 0. The maximum atomic E-state index is 5.91. The Morgan fingerprint density at radius 1 is 1.21 bits per heavy atom. The lowest BCUT2D eigenvalue weighted by Crippen LogP contribution is -2.37. The number of ether oxygens (including phenoxy) is 1. The van der Waals surface area contributed by atoms with Gasteiger partial charge in [-0.2, -0.15) is 0 Å². The Kier molecular flexibility index (Phi) is 11.0. The first kappa shape index (κ1) is 21.2. The van der Waals surface area contributed by atoms with Gasteiger partial charge in [0.15, 0.2) is 5.96 Å². The molecule has 0 atom stereocenters. The Morgan fingerprint density at radius 3 is 2.54 bits per heavy atom. The van der Waals surface area contributed by atoms with Crippen molar-refractivity contribution < 1.29 is 4.74 Å². The van der Waals surface area contributed by atoms with E-state index in [1.54, 1.807) is 0 Å². The normalized spacial score (nSPS) is 15.8. The van der Waals surface area contributed by atoms with E-state index in [2.05, 4.69) is 46.4 Å². The van der Waals surface area contributed by atoms with E-state index >= 15 is 0 Å². The smallest absolute Gasteiger partial charge is 0.188 e. The van der Waals surface area contributed by atoms with Gasteiger partial charge in [-0.25, -0.2) is 0 Å². The number of hydrogen-bond acceptors (Lipinski definition) is 3. The highest BCUT2D eigenvalue weighted by Crippen LogP contribution is 2.05. The second-order valence-corrected chi connectivity index (χ2v) is 5.92. The molecule has 136 valence electrons. The lowest BCUT2D eigenvalue weighted by atomic mass is 10.1. The Morgan fingerprint density at radius 2 is 1.88 bits per heavy atom. The highest BCUT2D eigenvalue weighted by atomic mass is 127. The van der Waals surface area contributed by atoms with Gasteiger partial charge in [-0.15, -0.1) is 24.0 Å². The summed E-state index contributed by atoms with van der Waals surface area (Å²) in [6.45, 7) is 8.63. The number of morpholine rings is 1. The molecular weight excluding hydrogens is 415 g/mol. The van der Waals surface area contributed by atoms with Crippen LogP contribution in [0.3, 0.4) is 0 Å². The quantitative estimate of drug-likeness (QED) is 0.278. The van der Waals surface area contributed by atoms with Crippen LogP contribution in [0.1, 0.15) is 24.5 Å². The SMILES string of the molecule is CCc1ccc(CCNC(N)=NCCCN2CCOCC2)cc1.I. The summed E-state index contributed by atoms with van der Waals surface area (Å²) in [5.41, 5.74) is 8.61. The minimum absolute atomic E-state index is 0. The van der Waals surface area contributed by atoms with Gasteiger partial charge in [0.25, 0.3) is 0 Å². The number of halogens is 1. The van der Waals surface area contributed by atoms with Crippen LogP contribution in [0.25, 0.3) is 0 Å². The lowest BCUT2D eigenvalue weighted by Gasteiger charge is -2.26. The van der Waals surface area contributed by atoms with Gasteiger partial charge in [0.2, 0.25) is 0 Å². The van der Waals surface area contributed by atoms with Gasteiger partial charge in [0, 0.05) is 32.7 Å². The molecule has 3 N–H and O–H groups in total. The number of hydrogen-bond donors (Lipinski definition) is 2. The second-order valence-electron chi connectivity index (χ2n) is 5.92. The van der Waals surface area contributed by atoms with Gasteiger partial charge in [-0.05, 0) is 30.4 Å². The summed E-state index contributed by atoms with van der Waals surface area (Å²) < 4.78 is 5.34. The van der Waals surface area contributed by atoms with Crippen LogP contribution in [0.4, 0.5) is 0 Å². The first-order chi connectivity index (χ1) is 11.3. The van der Waals surface area contributed by atoms with E-state index in [9.17, 15) is 0 Å². The summed E-state index contributed by atoms with van der Waals surface area (Å²) >= 11 is 0. The molecule has 6 heteroatoms. The molecule has 0 bridgehead atoms. The molecule has 1 aromatic carbocycles. The monoisotopic (exact) mass is 446 g/mol. The standard InChI is InChI=1S/C18H30N4O.HI/c1-2-16-4-6-17(7-5-16)8-10-21-18(19)20-9-3-11-22-12-14-23-15-13-22;/h4-7H,2-3,8-15H2,1H3,(H3,19,20,21);1H. The summed E-state index contributed by atoms with van der Waals surface area (Å²) in [6.07, 6.45) is 3.09. The highest BCUT2D eigenvalue weighted by molar-refractivity contribution is 14.0. The fraction of sp³-hybridized carbons (Fsp3) is 0.611. The molecule has 0 amide bonds. The van der Waals surface area contributed by atoms with Crippen LogP contribution in [0.5, 0.6) is 0 Å². The number of nitrogens with zero attached hydrogens (tertiary/aromatic N) is 2. The molecule has 1 heterocycles. The van der Waals surface area contributed by atoms with E-state index in [1.807, 2.05) is 0 Å². The molecule has 1 aliphatic heterocycles. The fourth-order valence-electron chi connectivity index (χ4n) is 2.65. The van der Waals surface area contributed by atoms with Crippen molar-refractivity contribution >= 4 is 29.9 Å². The van der Waals surface area contributed by atoms with E-state index in [4.69, 9.17) is 10.5 Å². The average molecular weight is 446 g/mol. The topological polar surface area (TPSA) is 62.9 Å². The number of aryl methyl sites for hydroxylation is 1. The summed E-state index contributed by atoms with van der Waals surface area (Å²) in [7, 11) is 0. The Balaban J connectivity index is 0.00000288. The zero-order valence-electron chi connectivity index (χ0n) is 14.7. The zero-order chi connectivity index (χ0) is 16.3. The van der Waals surface area contributed by atoms with Crippen molar-refractivity contribution in [1.29, 1.82) is 0 Å². The predicted octanol–water partition coefficient (Wildman–Crippen LogP) is 2.04.